The Hall–Kier alpha value is -3.09. The Balaban J connectivity index is 1.53. The number of aromatic nitrogens is 3. The predicted octanol–water partition coefficient (Wildman–Crippen LogP) is 1.98. The van der Waals surface area contributed by atoms with Crippen molar-refractivity contribution in [2.45, 2.75) is 6.92 Å². The van der Waals surface area contributed by atoms with Crippen molar-refractivity contribution in [2.24, 2.45) is 0 Å². The monoisotopic (exact) mass is 311 g/mol. The van der Waals surface area contributed by atoms with Gasteiger partial charge in [0.05, 0.1) is 18.4 Å². The molecule has 1 radical (unpaired) electrons. The molecule has 2 N–H and O–H groups in total. The number of nitrogens with one attached hydrogen (secondary N) is 2. The van der Waals surface area contributed by atoms with Gasteiger partial charge < -0.3 is 14.6 Å². The van der Waals surface area contributed by atoms with E-state index < -0.39 is 0 Å². The van der Waals surface area contributed by atoms with E-state index in [2.05, 4.69) is 26.7 Å². The van der Waals surface area contributed by atoms with Gasteiger partial charge in [0.25, 0.3) is 5.91 Å². The van der Waals surface area contributed by atoms with Crippen LogP contribution in [0, 0.1) is 13.0 Å². The zero-order valence-electron chi connectivity index (χ0n) is 12.5. The van der Waals surface area contributed by atoms with Crippen molar-refractivity contribution in [3.63, 3.8) is 0 Å². The van der Waals surface area contributed by atoms with Crippen LogP contribution in [0.2, 0.25) is 0 Å². The summed E-state index contributed by atoms with van der Waals surface area (Å²) in [6, 6.07) is 10.1. The van der Waals surface area contributed by atoms with Crippen LogP contribution in [0.1, 0.15) is 16.2 Å². The highest BCUT2D eigenvalue weighted by Crippen LogP contribution is 2.24. The maximum Gasteiger partial charge on any atom is 0.290 e. The van der Waals surface area contributed by atoms with Crippen LogP contribution >= 0.6 is 0 Å². The molecule has 0 fully saturated rings. The van der Waals surface area contributed by atoms with E-state index in [1.165, 1.54) is 12.3 Å². The molecule has 1 aromatic carbocycles. The molecule has 0 aliphatic rings. The van der Waals surface area contributed by atoms with Gasteiger partial charge in [-0.15, -0.1) is 0 Å². The van der Waals surface area contributed by atoms with Crippen LogP contribution in [0.4, 0.5) is 0 Å². The van der Waals surface area contributed by atoms with Crippen LogP contribution in [0.5, 0.6) is 5.75 Å². The predicted molar refractivity (Wildman–Crippen MR) is 81.9 cm³/mol. The molecule has 2 heterocycles. The lowest BCUT2D eigenvalue weighted by Crippen LogP contribution is -2.27. The standard InChI is InChI=1S/C16H15N4O3/c1-11-14(10-18-20-11)12-3-2-4-13(9-12)22-8-7-17-16(21)15-5-6-19-23-15/h3-6,9-10H,7-8H2,1H3,(H,17,21)(H,18,20). The molecule has 0 saturated heterocycles. The third-order valence-electron chi connectivity index (χ3n) is 3.22. The Kier molecular flexibility index (Phi) is 4.37. The minimum absolute atomic E-state index is 0.177. The topological polar surface area (TPSA) is 93.0 Å². The van der Waals surface area contributed by atoms with Crippen molar-refractivity contribution in [3.05, 3.63) is 54.2 Å². The molecule has 2 aromatic heterocycles. The number of H-pyrrole nitrogens is 1. The molecule has 0 unspecified atom stereocenters. The summed E-state index contributed by atoms with van der Waals surface area (Å²) >= 11 is 0. The second-order valence-electron chi connectivity index (χ2n) is 4.82. The molecule has 0 bridgehead atoms. The Bertz CT molecular complexity index is 780. The largest absolute Gasteiger partial charge is 0.492 e. The first kappa shape index (κ1) is 14.8. The Morgan fingerprint density at radius 1 is 1.48 bits per heavy atom. The van der Waals surface area contributed by atoms with Crippen molar-refractivity contribution in [3.8, 4) is 16.9 Å². The van der Waals surface area contributed by atoms with Gasteiger partial charge in [-0.3, -0.25) is 9.89 Å². The van der Waals surface area contributed by atoms with E-state index in [0.29, 0.717) is 18.9 Å². The smallest absolute Gasteiger partial charge is 0.290 e. The van der Waals surface area contributed by atoms with Crippen LogP contribution in [0.25, 0.3) is 11.1 Å². The number of hydrogen-bond acceptors (Lipinski definition) is 5. The van der Waals surface area contributed by atoms with E-state index in [0.717, 1.165) is 16.8 Å². The van der Waals surface area contributed by atoms with Crippen LogP contribution in [0.3, 0.4) is 0 Å². The molecule has 7 heteroatoms. The normalized spacial score (nSPS) is 10.5. The highest BCUT2D eigenvalue weighted by Gasteiger charge is 2.09. The van der Waals surface area contributed by atoms with Gasteiger partial charge in [-0.25, -0.2) is 0 Å². The van der Waals surface area contributed by atoms with E-state index in [-0.39, 0.29) is 11.7 Å². The van der Waals surface area contributed by atoms with E-state index >= 15 is 0 Å². The summed E-state index contributed by atoms with van der Waals surface area (Å²) in [4.78, 5) is 11.6. The van der Waals surface area contributed by atoms with E-state index in [9.17, 15) is 4.79 Å². The van der Waals surface area contributed by atoms with Crippen LogP contribution < -0.4 is 10.1 Å². The van der Waals surface area contributed by atoms with Crippen molar-refractivity contribution in [1.29, 1.82) is 0 Å². The van der Waals surface area contributed by atoms with Crippen LogP contribution in [0.15, 0.2) is 41.2 Å². The number of nitrogens with zero attached hydrogens (tertiary/aromatic N) is 2. The van der Waals surface area contributed by atoms with Gasteiger partial charge in [0, 0.05) is 17.8 Å². The summed E-state index contributed by atoms with van der Waals surface area (Å²) in [6.45, 7) is 2.62. The highest BCUT2D eigenvalue weighted by molar-refractivity contribution is 5.91. The molecular formula is C16H15N4O3. The van der Waals surface area contributed by atoms with Gasteiger partial charge >= 0.3 is 0 Å². The van der Waals surface area contributed by atoms with E-state index in [4.69, 9.17) is 9.26 Å². The van der Waals surface area contributed by atoms with Crippen molar-refractivity contribution >= 4 is 5.91 Å². The lowest BCUT2D eigenvalue weighted by atomic mass is 10.1. The first-order valence-corrected chi connectivity index (χ1v) is 7.07. The second kappa shape index (κ2) is 6.78. The number of carbonyl (C=O) groups excluding carboxylic acids is 1. The Labute approximate surface area is 132 Å². The van der Waals surface area contributed by atoms with Gasteiger partial charge in [-0.05, 0) is 36.8 Å². The number of aromatic amines is 1. The van der Waals surface area contributed by atoms with Gasteiger partial charge in [-0.1, -0.05) is 5.16 Å². The maximum atomic E-state index is 11.6. The molecule has 0 atom stereocenters. The Morgan fingerprint density at radius 2 is 2.39 bits per heavy atom. The highest BCUT2D eigenvalue weighted by atomic mass is 16.5. The maximum absolute atomic E-state index is 11.6. The van der Waals surface area contributed by atoms with Gasteiger partial charge in [0.2, 0.25) is 5.76 Å². The molecule has 3 rings (SSSR count). The zero-order chi connectivity index (χ0) is 16.1. The molecule has 0 spiro atoms. The lowest BCUT2D eigenvalue weighted by molar-refractivity contribution is 0.0910. The number of amides is 1. The third-order valence-corrected chi connectivity index (χ3v) is 3.22. The zero-order valence-corrected chi connectivity index (χ0v) is 12.5. The number of rotatable bonds is 6. The summed E-state index contributed by atoms with van der Waals surface area (Å²) in [7, 11) is 0. The summed E-state index contributed by atoms with van der Waals surface area (Å²) < 4.78 is 10.4. The van der Waals surface area contributed by atoms with Gasteiger partial charge in [0.15, 0.2) is 0 Å². The fraction of sp³-hybridized carbons (Fsp3) is 0.188. The Morgan fingerprint density at radius 3 is 3.13 bits per heavy atom. The molecule has 0 aliphatic heterocycles. The second-order valence-corrected chi connectivity index (χ2v) is 4.82. The van der Waals surface area contributed by atoms with Gasteiger partial charge in [-0.2, -0.15) is 5.10 Å². The number of benzene rings is 1. The quantitative estimate of drug-likeness (QED) is 0.679. The molecular weight excluding hydrogens is 296 g/mol. The summed E-state index contributed by atoms with van der Waals surface area (Å²) in [6.07, 6.45) is 3.25. The van der Waals surface area contributed by atoms with Crippen molar-refractivity contribution in [1.82, 2.24) is 20.7 Å². The molecule has 3 aromatic rings. The fourth-order valence-corrected chi connectivity index (χ4v) is 2.09. The molecule has 117 valence electrons. The first-order chi connectivity index (χ1) is 11.2. The molecule has 1 amide bonds. The van der Waals surface area contributed by atoms with E-state index in [1.807, 2.05) is 25.3 Å². The minimum Gasteiger partial charge on any atom is -0.492 e. The molecule has 0 saturated carbocycles. The number of aryl methyl sites for hydroxylation is 1. The third kappa shape index (κ3) is 3.57. The minimum atomic E-state index is -0.319. The summed E-state index contributed by atoms with van der Waals surface area (Å²) in [5, 5.41) is 13.1. The average Bonchev–Trinajstić information content (AvgIpc) is 3.23. The first-order valence-electron chi connectivity index (χ1n) is 7.07. The van der Waals surface area contributed by atoms with Gasteiger partial charge in [0.1, 0.15) is 12.4 Å². The summed E-state index contributed by atoms with van der Waals surface area (Å²) in [5.41, 5.74) is 2.89. The SMILES string of the molecule is Cc1n[nH]cc1-c1c[c]cc(OCCNC(=O)c2ccno2)c1. The average molecular weight is 311 g/mol. The van der Waals surface area contributed by atoms with Crippen molar-refractivity contribution in [2.75, 3.05) is 13.2 Å². The van der Waals surface area contributed by atoms with Crippen LogP contribution in [-0.2, 0) is 0 Å². The molecule has 23 heavy (non-hydrogen) atoms. The summed E-state index contributed by atoms with van der Waals surface area (Å²) in [5.74, 6) is 0.535. The van der Waals surface area contributed by atoms with E-state index in [1.54, 1.807) is 6.07 Å². The molecule has 7 nitrogen and oxygen atoms in total. The van der Waals surface area contributed by atoms with Crippen LogP contribution in [-0.4, -0.2) is 34.4 Å². The number of carbonyl (C=O) groups is 1. The number of hydrogen-bond donors (Lipinski definition) is 2. The number of ether oxygens (including phenoxy) is 1. The fourth-order valence-electron chi connectivity index (χ4n) is 2.09. The lowest BCUT2D eigenvalue weighted by Gasteiger charge is -2.08. The molecule has 0 aliphatic carbocycles. The van der Waals surface area contributed by atoms with Crippen molar-refractivity contribution < 1.29 is 14.1 Å².